The van der Waals surface area contributed by atoms with Crippen LogP contribution in [0.15, 0.2) is 48.5 Å². The van der Waals surface area contributed by atoms with Crippen LogP contribution in [0.5, 0.6) is 11.5 Å². The molecule has 1 N–H and O–H groups in total. The van der Waals surface area contributed by atoms with Gasteiger partial charge in [0.15, 0.2) is 18.1 Å². The van der Waals surface area contributed by atoms with E-state index in [0.717, 1.165) is 18.4 Å². The zero-order chi connectivity index (χ0) is 22.6. The Kier molecular flexibility index (Phi) is 10.2. The number of para-hydroxylation sites is 2. The molecule has 0 saturated heterocycles. The third-order valence-corrected chi connectivity index (χ3v) is 5.15. The van der Waals surface area contributed by atoms with Crippen LogP contribution in [0, 0.1) is 0 Å². The van der Waals surface area contributed by atoms with E-state index in [1.54, 1.807) is 36.3 Å². The fraction of sp³-hybridized carbons (Fsp3) is 0.417. The molecule has 0 spiro atoms. The molecule has 0 heterocycles. The molecule has 0 aliphatic carbocycles. The van der Waals surface area contributed by atoms with Gasteiger partial charge in [0.1, 0.15) is 6.04 Å². The molecule has 0 radical (unpaired) electrons. The topological polar surface area (TPSA) is 67.9 Å². The molecule has 2 aromatic rings. The summed E-state index contributed by atoms with van der Waals surface area (Å²) in [6.07, 6.45) is 2.37. The normalized spacial score (nSPS) is 11.5. The maximum absolute atomic E-state index is 13.2. The molecule has 2 rings (SSSR count). The number of halogens is 1. The molecule has 0 aliphatic heterocycles. The molecule has 0 unspecified atom stereocenters. The van der Waals surface area contributed by atoms with Crippen molar-refractivity contribution in [2.75, 3.05) is 20.3 Å². The predicted octanol–water partition coefficient (Wildman–Crippen LogP) is 4.45. The first-order chi connectivity index (χ1) is 15.0. The summed E-state index contributed by atoms with van der Waals surface area (Å²) in [7, 11) is 1.55. The van der Waals surface area contributed by atoms with Crippen molar-refractivity contribution in [3.05, 3.63) is 59.1 Å². The van der Waals surface area contributed by atoms with E-state index in [-0.39, 0.29) is 25.0 Å². The van der Waals surface area contributed by atoms with Gasteiger partial charge in [-0.1, -0.05) is 56.1 Å². The molecular weight excluding hydrogens is 416 g/mol. The van der Waals surface area contributed by atoms with Crippen LogP contribution in [0.4, 0.5) is 0 Å². The van der Waals surface area contributed by atoms with E-state index in [0.29, 0.717) is 29.5 Å². The Morgan fingerprint density at radius 1 is 1.06 bits per heavy atom. The monoisotopic (exact) mass is 446 g/mol. The molecule has 0 fully saturated rings. The lowest BCUT2D eigenvalue weighted by Gasteiger charge is -2.30. The van der Waals surface area contributed by atoms with Crippen LogP contribution in [-0.2, 0) is 16.1 Å². The molecule has 2 amide bonds. The Morgan fingerprint density at radius 3 is 2.35 bits per heavy atom. The summed E-state index contributed by atoms with van der Waals surface area (Å²) in [6.45, 7) is 4.63. The van der Waals surface area contributed by atoms with Crippen molar-refractivity contribution in [1.82, 2.24) is 10.2 Å². The van der Waals surface area contributed by atoms with E-state index >= 15 is 0 Å². The van der Waals surface area contributed by atoms with E-state index in [2.05, 4.69) is 12.2 Å². The van der Waals surface area contributed by atoms with Gasteiger partial charge in [-0.2, -0.15) is 0 Å². The number of nitrogens with zero attached hydrogens (tertiary/aromatic N) is 1. The van der Waals surface area contributed by atoms with E-state index < -0.39 is 6.04 Å². The minimum absolute atomic E-state index is 0.157. The van der Waals surface area contributed by atoms with Crippen molar-refractivity contribution >= 4 is 23.4 Å². The summed E-state index contributed by atoms with van der Waals surface area (Å²) < 4.78 is 11.0. The average Bonchev–Trinajstić information content (AvgIpc) is 2.79. The molecule has 2 aromatic carbocycles. The Hall–Kier alpha value is -2.73. The Labute approximate surface area is 189 Å². The number of benzene rings is 2. The molecule has 6 nitrogen and oxygen atoms in total. The molecule has 7 heteroatoms. The molecule has 0 aromatic heterocycles. The second-order valence-corrected chi connectivity index (χ2v) is 7.59. The van der Waals surface area contributed by atoms with E-state index in [1.165, 1.54) is 0 Å². The van der Waals surface area contributed by atoms with E-state index in [1.807, 2.05) is 31.2 Å². The second-order valence-electron chi connectivity index (χ2n) is 7.16. The molecular formula is C24H31ClN2O4. The van der Waals surface area contributed by atoms with Gasteiger partial charge in [-0.3, -0.25) is 9.59 Å². The van der Waals surface area contributed by atoms with Crippen molar-refractivity contribution in [3.8, 4) is 11.5 Å². The fourth-order valence-corrected chi connectivity index (χ4v) is 3.30. The number of rotatable bonds is 12. The van der Waals surface area contributed by atoms with Gasteiger partial charge in [-0.15, -0.1) is 0 Å². The zero-order valence-corrected chi connectivity index (χ0v) is 19.2. The number of methoxy groups -OCH3 is 1. The second kappa shape index (κ2) is 12.8. The van der Waals surface area contributed by atoms with Gasteiger partial charge < -0.3 is 19.7 Å². The van der Waals surface area contributed by atoms with Crippen molar-refractivity contribution in [2.45, 2.75) is 45.7 Å². The van der Waals surface area contributed by atoms with Gasteiger partial charge >= 0.3 is 0 Å². The van der Waals surface area contributed by atoms with Crippen LogP contribution in [0.1, 0.15) is 38.7 Å². The minimum Gasteiger partial charge on any atom is -0.493 e. The van der Waals surface area contributed by atoms with Crippen LogP contribution >= 0.6 is 11.6 Å². The highest BCUT2D eigenvalue weighted by molar-refractivity contribution is 6.30. The number of nitrogens with one attached hydrogen (secondary N) is 1. The smallest absolute Gasteiger partial charge is 0.261 e. The third kappa shape index (κ3) is 7.47. The quantitative estimate of drug-likeness (QED) is 0.489. The number of unbranched alkanes of at least 4 members (excludes halogenated alkanes) is 1. The maximum atomic E-state index is 13.2. The number of hydrogen-bond donors (Lipinski definition) is 1. The Bertz CT molecular complexity index is 842. The summed E-state index contributed by atoms with van der Waals surface area (Å²) in [5.41, 5.74) is 0.884. The van der Waals surface area contributed by atoms with Crippen molar-refractivity contribution in [1.29, 1.82) is 0 Å². The zero-order valence-electron chi connectivity index (χ0n) is 18.4. The molecule has 0 aliphatic rings. The van der Waals surface area contributed by atoms with Gasteiger partial charge in [0, 0.05) is 18.1 Å². The van der Waals surface area contributed by atoms with Crippen LogP contribution in [0.3, 0.4) is 0 Å². The summed E-state index contributed by atoms with van der Waals surface area (Å²) in [4.78, 5) is 27.6. The molecule has 1 atom stereocenters. The third-order valence-electron chi connectivity index (χ3n) is 4.90. The fourth-order valence-electron chi connectivity index (χ4n) is 3.17. The SMILES string of the molecule is CCCCNC(=O)[C@@H](CC)N(Cc1ccc(Cl)cc1)C(=O)COc1ccccc1OC. The largest absolute Gasteiger partial charge is 0.493 e. The number of amides is 2. The molecule has 0 bridgehead atoms. The number of carbonyl (C=O) groups is 2. The number of carbonyl (C=O) groups excluding carboxylic acids is 2. The van der Waals surface area contributed by atoms with Crippen molar-refractivity contribution < 1.29 is 19.1 Å². The van der Waals surface area contributed by atoms with Crippen LogP contribution in [-0.4, -0.2) is 43.0 Å². The van der Waals surface area contributed by atoms with Gasteiger partial charge in [-0.25, -0.2) is 0 Å². The first-order valence-electron chi connectivity index (χ1n) is 10.6. The van der Waals surface area contributed by atoms with Crippen molar-refractivity contribution in [3.63, 3.8) is 0 Å². The average molecular weight is 447 g/mol. The van der Waals surface area contributed by atoms with Gasteiger partial charge in [0.25, 0.3) is 5.91 Å². The van der Waals surface area contributed by atoms with Gasteiger partial charge in [0.2, 0.25) is 5.91 Å². The van der Waals surface area contributed by atoms with Gasteiger partial charge in [-0.05, 0) is 42.7 Å². The van der Waals surface area contributed by atoms with Crippen molar-refractivity contribution in [2.24, 2.45) is 0 Å². The first kappa shape index (κ1) is 24.5. The number of hydrogen-bond acceptors (Lipinski definition) is 4. The van der Waals surface area contributed by atoms with Crippen LogP contribution < -0.4 is 14.8 Å². The highest BCUT2D eigenvalue weighted by atomic mass is 35.5. The lowest BCUT2D eigenvalue weighted by Crippen LogP contribution is -2.50. The highest BCUT2D eigenvalue weighted by Gasteiger charge is 2.29. The minimum atomic E-state index is -0.596. The van der Waals surface area contributed by atoms with E-state index in [4.69, 9.17) is 21.1 Å². The summed E-state index contributed by atoms with van der Waals surface area (Å²) >= 11 is 5.99. The Morgan fingerprint density at radius 2 is 1.74 bits per heavy atom. The summed E-state index contributed by atoms with van der Waals surface area (Å²) in [5, 5.41) is 3.56. The lowest BCUT2D eigenvalue weighted by molar-refractivity contribution is -0.143. The first-order valence-corrected chi connectivity index (χ1v) is 10.9. The maximum Gasteiger partial charge on any atom is 0.261 e. The molecule has 0 saturated carbocycles. The predicted molar refractivity (Wildman–Crippen MR) is 122 cm³/mol. The highest BCUT2D eigenvalue weighted by Crippen LogP contribution is 2.26. The van der Waals surface area contributed by atoms with Crippen LogP contribution in [0.2, 0.25) is 5.02 Å². The number of ether oxygens (including phenoxy) is 2. The molecule has 31 heavy (non-hydrogen) atoms. The summed E-state index contributed by atoms with van der Waals surface area (Å²) in [5.74, 6) is 0.586. The van der Waals surface area contributed by atoms with Gasteiger partial charge in [0.05, 0.1) is 7.11 Å². The summed E-state index contributed by atoms with van der Waals surface area (Å²) in [6, 6.07) is 13.8. The van der Waals surface area contributed by atoms with Crippen LogP contribution in [0.25, 0.3) is 0 Å². The standard InChI is InChI=1S/C24H31ClN2O4/c1-4-6-15-26-24(29)20(5-2)27(16-18-11-13-19(25)14-12-18)23(28)17-31-22-10-8-7-9-21(22)30-3/h7-14,20H,4-6,15-17H2,1-3H3,(H,26,29)/t20-/m1/s1. The lowest BCUT2D eigenvalue weighted by atomic mass is 10.1. The Balaban J connectivity index is 2.19. The van der Waals surface area contributed by atoms with E-state index in [9.17, 15) is 9.59 Å². The molecule has 168 valence electrons.